The van der Waals surface area contributed by atoms with Gasteiger partial charge in [0, 0.05) is 39.8 Å². The molecule has 99 heavy (non-hydrogen) atoms. The molecule has 0 radical (unpaired) electrons. The largest absolute Gasteiger partial charge is 0.318 e. The number of rotatable bonds is 34. The van der Waals surface area contributed by atoms with Gasteiger partial charge in [-0.05, 0) is 82.4 Å². The molecule has 0 unspecified atom stereocenters. The minimum absolute atomic E-state index is 0. The van der Waals surface area contributed by atoms with Crippen LogP contribution < -0.4 is 22.9 Å². The number of unbranched alkanes of at least 4 members (excludes halogenated alkanes) is 20. The summed E-state index contributed by atoms with van der Waals surface area (Å²) < 4.78 is 0. The molecular formula is C93H188N6. The highest BCUT2D eigenvalue weighted by Crippen LogP contribution is 2.16. The van der Waals surface area contributed by atoms with Gasteiger partial charge >= 0.3 is 0 Å². The standard InChI is InChI=1S/2C11H19N3.C10H14.C9H20.C8H10.C8H18.2C6H14.4C5H12.C3H8.CH4/c2*1-2-10-3-5-11(6-4-10)7-14(8-12)9-13;1-3-9-5-7-10(4-2)8-6-9;1-3-5-7-9-8-6-4-2;1-2-8-6-4-3-5-7-8;1-3-5-7-8-6-4-2;1-5-6(2,3)4;1-3-5-6-4-2;1-4-5(2)3;3*1-3-5-4-2;1-3-2;/h2*3-6H,2,7-9,12-13H2,1H3;5-8H,3-4H2,1-2H3;3-9H2,1-2H3;3-7H,2H2,1H3;3-8H2,1-2H3;5H2,1-4H3;3-6H2,1-2H3;5H,4H2,1-3H3;3*3-5H2,1-2H3;3H2,1-2H3;1H4. The van der Waals surface area contributed by atoms with E-state index in [4.69, 9.17) is 22.9 Å². The van der Waals surface area contributed by atoms with E-state index in [9.17, 15) is 0 Å². The first kappa shape index (κ1) is 117. The molecular weight excluding hydrogens is 1200 g/mol. The van der Waals surface area contributed by atoms with Gasteiger partial charge in [-0.15, -0.1) is 0 Å². The van der Waals surface area contributed by atoms with E-state index in [0.717, 1.165) is 51.1 Å². The fraction of sp³-hybridized carbons (Fsp3) is 0.742. The lowest BCUT2D eigenvalue weighted by molar-refractivity contribution is 0.281. The van der Waals surface area contributed by atoms with Crippen LogP contribution >= 0.6 is 0 Å². The van der Waals surface area contributed by atoms with Crippen molar-refractivity contribution in [1.29, 1.82) is 0 Å². The van der Waals surface area contributed by atoms with Crippen molar-refractivity contribution >= 4 is 0 Å². The maximum atomic E-state index is 5.53. The minimum Gasteiger partial charge on any atom is -0.318 e. The Balaban J connectivity index is -0.000000111. The highest BCUT2D eigenvalue weighted by atomic mass is 15.2. The van der Waals surface area contributed by atoms with Crippen LogP contribution in [0, 0.1) is 11.3 Å². The third kappa shape index (κ3) is 111. The quantitative estimate of drug-likeness (QED) is 0.0274. The monoisotopic (exact) mass is 1390 g/mol. The van der Waals surface area contributed by atoms with Crippen molar-refractivity contribution in [1.82, 2.24) is 9.80 Å². The lowest BCUT2D eigenvalue weighted by Crippen LogP contribution is -2.34. The highest BCUT2D eigenvalue weighted by Gasteiger charge is 2.04. The molecule has 0 aliphatic rings. The number of hydrogen-bond donors (Lipinski definition) is 4. The maximum Gasteiger partial charge on any atom is 0.0470 e. The van der Waals surface area contributed by atoms with E-state index in [1.165, 1.54) is 225 Å². The summed E-state index contributed by atoms with van der Waals surface area (Å²) >= 11 is 0. The van der Waals surface area contributed by atoms with Gasteiger partial charge in [-0.1, -0.05) is 477 Å². The second-order valence-electron chi connectivity index (χ2n) is 27.5. The summed E-state index contributed by atoms with van der Waals surface area (Å²) in [5, 5.41) is 0. The smallest absolute Gasteiger partial charge is 0.0470 e. The van der Waals surface area contributed by atoms with Crippen molar-refractivity contribution in [3.63, 3.8) is 0 Å². The van der Waals surface area contributed by atoms with Crippen molar-refractivity contribution in [2.24, 2.45) is 34.3 Å². The summed E-state index contributed by atoms with van der Waals surface area (Å²) in [7, 11) is 0. The Morgan fingerprint density at radius 3 is 0.566 bits per heavy atom. The molecule has 0 fully saturated rings. The normalized spacial score (nSPS) is 9.71. The van der Waals surface area contributed by atoms with E-state index < -0.39 is 0 Å². The van der Waals surface area contributed by atoms with Crippen molar-refractivity contribution in [3.05, 3.63) is 142 Å². The second-order valence-corrected chi connectivity index (χ2v) is 27.5. The van der Waals surface area contributed by atoms with Gasteiger partial charge in [-0.3, -0.25) is 9.80 Å². The van der Waals surface area contributed by atoms with E-state index in [-0.39, 0.29) is 7.43 Å². The molecule has 6 heteroatoms. The lowest BCUT2D eigenvalue weighted by Gasteiger charge is -2.17. The van der Waals surface area contributed by atoms with E-state index in [1.54, 1.807) is 0 Å². The Labute approximate surface area is 628 Å². The summed E-state index contributed by atoms with van der Waals surface area (Å²) in [6.07, 6.45) is 45.6. The molecule has 0 saturated carbocycles. The number of aryl methyl sites for hydroxylation is 5. The molecule has 4 aromatic rings. The van der Waals surface area contributed by atoms with Gasteiger partial charge in [0.2, 0.25) is 0 Å². The summed E-state index contributed by atoms with van der Waals surface area (Å²) in [4.78, 5) is 3.97. The average Bonchev–Trinajstić information content (AvgIpc) is 1.19. The summed E-state index contributed by atoms with van der Waals surface area (Å²) in [5.41, 5.74) is 32.2. The molecule has 4 aromatic carbocycles. The van der Waals surface area contributed by atoms with E-state index in [2.05, 4.69) is 277 Å². The molecule has 0 amide bonds. The topological polar surface area (TPSA) is 111 Å². The van der Waals surface area contributed by atoms with Crippen molar-refractivity contribution in [3.8, 4) is 0 Å². The third-order valence-corrected chi connectivity index (χ3v) is 15.9. The van der Waals surface area contributed by atoms with Gasteiger partial charge < -0.3 is 22.9 Å². The lowest BCUT2D eigenvalue weighted by atomic mass is 9.94. The van der Waals surface area contributed by atoms with Crippen LogP contribution in [-0.2, 0) is 45.2 Å². The molecule has 0 saturated heterocycles. The van der Waals surface area contributed by atoms with Gasteiger partial charge in [0.15, 0.2) is 0 Å². The summed E-state index contributed by atoms with van der Waals surface area (Å²) in [5.74, 6) is 0.884. The highest BCUT2D eigenvalue weighted by molar-refractivity contribution is 5.24. The van der Waals surface area contributed by atoms with Gasteiger partial charge in [-0.2, -0.15) is 0 Å². The Hall–Kier alpha value is -3.36. The molecule has 0 heterocycles. The minimum atomic E-state index is 0. The molecule has 8 N–H and O–H groups in total. The zero-order chi connectivity index (χ0) is 76.6. The molecule has 0 aromatic heterocycles. The SMILES string of the molecule is C.CCC.CCC(C)(C)C.CCC(C)C.CCCCC.CCCCC.CCCCC.CCCCCC.CCCCCCCC.CCCCCCCCC.CCc1ccc(CC)cc1.CCc1ccc(CN(CN)CN)cc1.CCc1ccc(CN(CN)CN)cc1.CCc1ccccc1. The first-order valence-corrected chi connectivity index (χ1v) is 41.6. The number of nitrogens with two attached hydrogens (primary N) is 4. The third-order valence-electron chi connectivity index (χ3n) is 15.9. The van der Waals surface area contributed by atoms with Crippen LogP contribution in [0.25, 0.3) is 0 Å². The maximum absolute atomic E-state index is 5.53. The second kappa shape index (κ2) is 103. The zero-order valence-corrected chi connectivity index (χ0v) is 71.9. The number of nitrogens with zero attached hydrogens (tertiary/aromatic N) is 2. The number of benzene rings is 4. The fourth-order valence-corrected chi connectivity index (χ4v) is 7.85. The Kier molecular flexibility index (Phi) is 122. The molecule has 590 valence electrons. The van der Waals surface area contributed by atoms with E-state index in [1.807, 2.05) is 15.9 Å². The first-order valence-electron chi connectivity index (χ1n) is 41.6. The van der Waals surface area contributed by atoms with E-state index >= 15 is 0 Å². The van der Waals surface area contributed by atoms with Gasteiger partial charge in [0.1, 0.15) is 0 Å². The molecule has 0 atom stereocenters. The number of hydrogen-bond acceptors (Lipinski definition) is 6. The van der Waals surface area contributed by atoms with Crippen LogP contribution in [0.2, 0.25) is 0 Å². The van der Waals surface area contributed by atoms with E-state index in [0.29, 0.717) is 32.1 Å². The average molecular weight is 1390 g/mol. The van der Waals surface area contributed by atoms with Crippen molar-refractivity contribution in [2.45, 2.75) is 419 Å². The predicted molar refractivity (Wildman–Crippen MR) is 466 cm³/mol. The Morgan fingerprint density at radius 2 is 0.434 bits per heavy atom. The van der Waals surface area contributed by atoms with Gasteiger partial charge in [0.05, 0.1) is 0 Å². The van der Waals surface area contributed by atoms with Gasteiger partial charge in [-0.25, -0.2) is 0 Å². The molecule has 0 bridgehead atoms. The summed E-state index contributed by atoms with van der Waals surface area (Å²) in [6, 6.07) is 36.4. The van der Waals surface area contributed by atoms with Crippen LogP contribution in [0.3, 0.4) is 0 Å². The van der Waals surface area contributed by atoms with Crippen LogP contribution in [-0.4, -0.2) is 36.5 Å². The van der Waals surface area contributed by atoms with Crippen molar-refractivity contribution < 1.29 is 0 Å². The van der Waals surface area contributed by atoms with Crippen LogP contribution in [0.4, 0.5) is 0 Å². The van der Waals surface area contributed by atoms with Crippen LogP contribution in [0.5, 0.6) is 0 Å². The predicted octanol–water partition coefficient (Wildman–Crippen LogP) is 29.7. The summed E-state index contributed by atoms with van der Waals surface area (Å²) in [6.45, 7) is 61.1. The molecule has 0 aliphatic heterocycles. The molecule has 0 spiro atoms. The molecule has 0 aliphatic carbocycles. The Morgan fingerprint density at radius 1 is 0.273 bits per heavy atom. The first-order chi connectivity index (χ1) is 47.1. The van der Waals surface area contributed by atoms with Crippen LogP contribution in [0.1, 0.15) is 413 Å². The van der Waals surface area contributed by atoms with Gasteiger partial charge in [0.25, 0.3) is 0 Å². The Bertz CT molecular complexity index is 1750. The zero-order valence-electron chi connectivity index (χ0n) is 71.9. The molecule has 6 nitrogen and oxygen atoms in total. The molecule has 4 rings (SSSR count). The van der Waals surface area contributed by atoms with Crippen molar-refractivity contribution in [2.75, 3.05) is 26.7 Å². The van der Waals surface area contributed by atoms with Crippen LogP contribution in [0.15, 0.2) is 103 Å². The fourth-order valence-electron chi connectivity index (χ4n) is 7.85.